The summed E-state index contributed by atoms with van der Waals surface area (Å²) in [6, 6.07) is 4.76. The molecule has 3 N–H and O–H groups in total. The molecule has 1 aromatic heterocycles. The molecule has 0 saturated carbocycles. The van der Waals surface area contributed by atoms with E-state index in [1.54, 1.807) is 24.4 Å². The molecule has 1 aromatic carbocycles. The molecular formula is C16H19F2N3O3S. The van der Waals surface area contributed by atoms with Gasteiger partial charge >= 0.3 is 6.61 Å². The van der Waals surface area contributed by atoms with Crippen LogP contribution in [0.25, 0.3) is 0 Å². The molecule has 0 radical (unpaired) electrons. The number of rotatable bonds is 9. The quantitative estimate of drug-likeness (QED) is 0.708. The largest absolute Gasteiger partial charge is 0.490 e. The number of alkyl halides is 2. The van der Waals surface area contributed by atoms with Crippen molar-refractivity contribution in [3.8, 4) is 11.5 Å². The van der Waals surface area contributed by atoms with Gasteiger partial charge in [0.25, 0.3) is 5.91 Å². The van der Waals surface area contributed by atoms with Gasteiger partial charge in [0.15, 0.2) is 11.5 Å². The normalized spacial score (nSPS) is 10.8. The van der Waals surface area contributed by atoms with Crippen LogP contribution in [-0.4, -0.2) is 30.7 Å². The Morgan fingerprint density at radius 2 is 2.24 bits per heavy atom. The van der Waals surface area contributed by atoms with Gasteiger partial charge in [-0.05, 0) is 19.5 Å². The first-order valence-corrected chi connectivity index (χ1v) is 8.55. The van der Waals surface area contributed by atoms with E-state index in [0.29, 0.717) is 25.1 Å². The fourth-order valence-electron chi connectivity index (χ4n) is 2.11. The fraction of sp³-hybridized carbons (Fsp3) is 0.375. The number of halogens is 2. The number of amides is 1. The van der Waals surface area contributed by atoms with Gasteiger partial charge in [-0.1, -0.05) is 12.1 Å². The van der Waals surface area contributed by atoms with E-state index in [2.05, 4.69) is 15.0 Å². The number of nitrogens with two attached hydrogens (primary N) is 1. The van der Waals surface area contributed by atoms with Crippen LogP contribution in [-0.2, 0) is 13.0 Å². The molecule has 0 spiro atoms. The SMILES string of the molecule is CCOc1cccc(CNC(=O)c2csc(CCN)n2)c1OC(F)F. The minimum absolute atomic E-state index is 0.00551. The zero-order valence-electron chi connectivity index (χ0n) is 13.6. The lowest BCUT2D eigenvalue weighted by atomic mass is 10.2. The lowest BCUT2D eigenvalue weighted by Crippen LogP contribution is -2.24. The predicted octanol–water partition coefficient (Wildman–Crippen LogP) is 2.57. The highest BCUT2D eigenvalue weighted by molar-refractivity contribution is 7.09. The zero-order valence-corrected chi connectivity index (χ0v) is 14.4. The van der Waals surface area contributed by atoms with Gasteiger partial charge in [-0.3, -0.25) is 4.79 Å². The zero-order chi connectivity index (χ0) is 18.2. The van der Waals surface area contributed by atoms with Crippen molar-refractivity contribution in [3.05, 3.63) is 39.8 Å². The molecule has 0 aliphatic heterocycles. The number of nitrogens with one attached hydrogen (secondary N) is 1. The van der Waals surface area contributed by atoms with Gasteiger partial charge in [0, 0.05) is 23.9 Å². The summed E-state index contributed by atoms with van der Waals surface area (Å²) < 4.78 is 35.2. The van der Waals surface area contributed by atoms with E-state index in [0.717, 1.165) is 5.01 Å². The van der Waals surface area contributed by atoms with Crippen LogP contribution >= 0.6 is 11.3 Å². The highest BCUT2D eigenvalue weighted by Crippen LogP contribution is 2.32. The predicted molar refractivity (Wildman–Crippen MR) is 90.3 cm³/mol. The third-order valence-corrected chi connectivity index (χ3v) is 4.06. The molecule has 1 amide bonds. The number of thiazole rings is 1. The molecule has 25 heavy (non-hydrogen) atoms. The minimum Gasteiger partial charge on any atom is -0.490 e. The summed E-state index contributed by atoms with van der Waals surface area (Å²) in [6.45, 7) is -0.494. The van der Waals surface area contributed by atoms with Crippen molar-refractivity contribution in [3.63, 3.8) is 0 Å². The number of hydrogen-bond donors (Lipinski definition) is 2. The number of nitrogens with zero attached hydrogens (tertiary/aromatic N) is 1. The van der Waals surface area contributed by atoms with Crippen molar-refractivity contribution in [1.29, 1.82) is 0 Å². The summed E-state index contributed by atoms with van der Waals surface area (Å²) in [5.41, 5.74) is 6.11. The van der Waals surface area contributed by atoms with Crippen LogP contribution in [0.2, 0.25) is 0 Å². The number of aromatic nitrogens is 1. The van der Waals surface area contributed by atoms with Crippen molar-refractivity contribution in [1.82, 2.24) is 10.3 Å². The molecule has 136 valence electrons. The standard InChI is InChI=1S/C16H19F2N3O3S/c1-2-23-12-5-3-4-10(14(12)24-16(17)18)8-20-15(22)11-9-25-13(21-11)6-7-19/h3-5,9,16H,2,6-8,19H2,1H3,(H,20,22). The summed E-state index contributed by atoms with van der Waals surface area (Å²) in [4.78, 5) is 16.3. The average Bonchev–Trinajstić information content (AvgIpc) is 3.04. The van der Waals surface area contributed by atoms with E-state index in [-0.39, 0.29) is 23.7 Å². The second kappa shape index (κ2) is 9.28. The van der Waals surface area contributed by atoms with E-state index < -0.39 is 12.5 Å². The Labute approximate surface area is 148 Å². The van der Waals surface area contributed by atoms with Gasteiger partial charge < -0.3 is 20.5 Å². The highest BCUT2D eigenvalue weighted by atomic mass is 32.1. The van der Waals surface area contributed by atoms with Crippen LogP contribution in [0.15, 0.2) is 23.6 Å². The van der Waals surface area contributed by atoms with Crippen molar-refractivity contribution >= 4 is 17.2 Å². The van der Waals surface area contributed by atoms with E-state index in [4.69, 9.17) is 10.5 Å². The fourth-order valence-corrected chi connectivity index (χ4v) is 2.91. The number of para-hydroxylation sites is 1. The first-order valence-electron chi connectivity index (χ1n) is 7.67. The summed E-state index contributed by atoms with van der Waals surface area (Å²) in [5, 5.41) is 5.05. The van der Waals surface area contributed by atoms with Crippen molar-refractivity contribution in [2.75, 3.05) is 13.2 Å². The maximum Gasteiger partial charge on any atom is 0.387 e. The lowest BCUT2D eigenvalue weighted by Gasteiger charge is -2.15. The van der Waals surface area contributed by atoms with Crippen LogP contribution in [0, 0.1) is 0 Å². The molecule has 0 atom stereocenters. The monoisotopic (exact) mass is 371 g/mol. The smallest absolute Gasteiger partial charge is 0.387 e. The van der Waals surface area contributed by atoms with Gasteiger partial charge in [-0.2, -0.15) is 8.78 Å². The maximum absolute atomic E-state index is 12.7. The second-order valence-corrected chi connectivity index (χ2v) is 5.85. The van der Waals surface area contributed by atoms with Gasteiger partial charge in [-0.15, -0.1) is 11.3 Å². The van der Waals surface area contributed by atoms with E-state index in [9.17, 15) is 13.6 Å². The van der Waals surface area contributed by atoms with Gasteiger partial charge in [0.1, 0.15) is 5.69 Å². The first kappa shape index (κ1) is 19.1. The summed E-state index contributed by atoms with van der Waals surface area (Å²) in [5.74, 6) is -0.278. The molecule has 0 aliphatic rings. The van der Waals surface area contributed by atoms with Crippen molar-refractivity contribution < 1.29 is 23.0 Å². The molecule has 2 rings (SSSR count). The second-order valence-electron chi connectivity index (χ2n) is 4.90. The number of ether oxygens (including phenoxy) is 2. The molecule has 0 fully saturated rings. The number of carbonyl (C=O) groups is 1. The molecular weight excluding hydrogens is 352 g/mol. The molecule has 0 unspecified atom stereocenters. The Hall–Kier alpha value is -2.26. The Bertz CT molecular complexity index is 710. The molecule has 0 bridgehead atoms. The molecule has 9 heteroatoms. The first-order chi connectivity index (χ1) is 12.0. The number of carbonyl (C=O) groups excluding carboxylic acids is 1. The molecule has 0 saturated heterocycles. The highest BCUT2D eigenvalue weighted by Gasteiger charge is 2.17. The topological polar surface area (TPSA) is 86.5 Å². The lowest BCUT2D eigenvalue weighted by molar-refractivity contribution is -0.0520. The summed E-state index contributed by atoms with van der Waals surface area (Å²) >= 11 is 1.35. The Balaban J connectivity index is 2.10. The van der Waals surface area contributed by atoms with E-state index >= 15 is 0 Å². The Morgan fingerprint density at radius 1 is 1.44 bits per heavy atom. The van der Waals surface area contributed by atoms with Crippen molar-refractivity contribution in [2.24, 2.45) is 5.73 Å². The summed E-state index contributed by atoms with van der Waals surface area (Å²) in [7, 11) is 0. The van der Waals surface area contributed by atoms with Gasteiger partial charge in [0.05, 0.1) is 11.6 Å². The van der Waals surface area contributed by atoms with E-state index in [1.165, 1.54) is 17.4 Å². The van der Waals surface area contributed by atoms with Crippen LogP contribution in [0.4, 0.5) is 8.78 Å². The third-order valence-electron chi connectivity index (χ3n) is 3.15. The Kier molecular flexibility index (Phi) is 7.08. The Morgan fingerprint density at radius 3 is 2.92 bits per heavy atom. The number of benzene rings is 1. The van der Waals surface area contributed by atoms with E-state index in [1.807, 2.05) is 0 Å². The number of hydrogen-bond acceptors (Lipinski definition) is 6. The molecule has 2 aromatic rings. The maximum atomic E-state index is 12.7. The van der Waals surface area contributed by atoms with Crippen LogP contribution in [0.5, 0.6) is 11.5 Å². The average molecular weight is 371 g/mol. The molecule has 0 aliphatic carbocycles. The van der Waals surface area contributed by atoms with Crippen LogP contribution < -0.4 is 20.5 Å². The van der Waals surface area contributed by atoms with Gasteiger partial charge in [-0.25, -0.2) is 4.98 Å². The third kappa shape index (κ3) is 5.36. The minimum atomic E-state index is -2.99. The summed E-state index contributed by atoms with van der Waals surface area (Å²) in [6.07, 6.45) is 0.598. The molecule has 6 nitrogen and oxygen atoms in total. The van der Waals surface area contributed by atoms with Crippen LogP contribution in [0.1, 0.15) is 28.0 Å². The van der Waals surface area contributed by atoms with Crippen molar-refractivity contribution in [2.45, 2.75) is 26.5 Å². The van der Waals surface area contributed by atoms with Gasteiger partial charge in [0.2, 0.25) is 0 Å². The molecule has 1 heterocycles. The van der Waals surface area contributed by atoms with Crippen LogP contribution in [0.3, 0.4) is 0 Å².